The lowest BCUT2D eigenvalue weighted by molar-refractivity contribution is 0.0601. The van der Waals surface area contributed by atoms with Gasteiger partial charge in [0, 0.05) is 13.6 Å². The molecule has 0 aliphatic heterocycles. The third-order valence-corrected chi connectivity index (χ3v) is 2.54. The zero-order valence-corrected chi connectivity index (χ0v) is 10.9. The SMILES string of the molecule is COC(=O)c1cc(N)cnc1N(C)CCC(C)O. The van der Waals surface area contributed by atoms with Gasteiger partial charge in [0.25, 0.3) is 0 Å². The number of nitrogens with zero attached hydrogens (tertiary/aromatic N) is 2. The number of aliphatic hydroxyl groups is 1. The molecule has 1 rings (SSSR count). The summed E-state index contributed by atoms with van der Waals surface area (Å²) in [5, 5.41) is 9.26. The van der Waals surface area contributed by atoms with Crippen LogP contribution in [0.4, 0.5) is 11.5 Å². The lowest BCUT2D eigenvalue weighted by atomic mass is 10.2. The van der Waals surface area contributed by atoms with Gasteiger partial charge in [-0.3, -0.25) is 0 Å². The Labute approximate surface area is 106 Å². The van der Waals surface area contributed by atoms with Crippen molar-refractivity contribution in [3.63, 3.8) is 0 Å². The molecule has 0 radical (unpaired) electrons. The van der Waals surface area contributed by atoms with Crippen LogP contribution < -0.4 is 10.6 Å². The minimum absolute atomic E-state index is 0.325. The van der Waals surface area contributed by atoms with Gasteiger partial charge < -0.3 is 20.5 Å². The maximum atomic E-state index is 11.6. The lowest BCUT2D eigenvalue weighted by Crippen LogP contribution is -2.25. The Hall–Kier alpha value is -1.82. The maximum Gasteiger partial charge on any atom is 0.341 e. The summed E-state index contributed by atoms with van der Waals surface area (Å²) in [6.07, 6.45) is 1.67. The first-order chi connectivity index (χ1) is 8.45. The summed E-state index contributed by atoms with van der Waals surface area (Å²) >= 11 is 0. The Balaban J connectivity index is 2.96. The first kappa shape index (κ1) is 14.2. The van der Waals surface area contributed by atoms with Gasteiger partial charge in [0.2, 0.25) is 0 Å². The smallest absolute Gasteiger partial charge is 0.341 e. The second-order valence-corrected chi connectivity index (χ2v) is 4.19. The number of nitrogen functional groups attached to an aromatic ring is 1. The fraction of sp³-hybridized carbons (Fsp3) is 0.500. The highest BCUT2D eigenvalue weighted by molar-refractivity contribution is 5.95. The molecule has 1 aromatic rings. The molecule has 1 aromatic heterocycles. The van der Waals surface area contributed by atoms with E-state index in [1.54, 1.807) is 18.9 Å². The van der Waals surface area contributed by atoms with Crippen molar-refractivity contribution in [1.82, 2.24) is 4.98 Å². The van der Waals surface area contributed by atoms with Gasteiger partial charge in [-0.1, -0.05) is 0 Å². The van der Waals surface area contributed by atoms with Crippen LogP contribution in [-0.4, -0.2) is 42.9 Å². The van der Waals surface area contributed by atoms with E-state index in [0.29, 0.717) is 30.0 Å². The third-order valence-electron chi connectivity index (χ3n) is 2.54. The number of carbonyl (C=O) groups excluding carboxylic acids is 1. The number of nitrogens with two attached hydrogens (primary N) is 1. The van der Waals surface area contributed by atoms with Crippen LogP contribution in [0.15, 0.2) is 12.3 Å². The van der Waals surface area contributed by atoms with E-state index >= 15 is 0 Å². The van der Waals surface area contributed by atoms with Crippen molar-refractivity contribution in [3.05, 3.63) is 17.8 Å². The number of ether oxygens (including phenoxy) is 1. The number of anilines is 2. The third kappa shape index (κ3) is 3.59. The Kier molecular flexibility index (Phi) is 4.91. The van der Waals surface area contributed by atoms with E-state index in [1.165, 1.54) is 19.4 Å². The Morgan fingerprint density at radius 1 is 1.67 bits per heavy atom. The first-order valence-corrected chi connectivity index (χ1v) is 5.68. The predicted molar refractivity (Wildman–Crippen MR) is 69.6 cm³/mol. The predicted octanol–water partition coefficient (Wildman–Crippen LogP) is 0.658. The van der Waals surface area contributed by atoms with Crippen molar-refractivity contribution in [1.29, 1.82) is 0 Å². The molecular formula is C12H19N3O3. The minimum Gasteiger partial charge on any atom is -0.465 e. The number of hydrogen-bond acceptors (Lipinski definition) is 6. The molecule has 0 aromatic carbocycles. The first-order valence-electron chi connectivity index (χ1n) is 5.68. The topological polar surface area (TPSA) is 88.7 Å². The van der Waals surface area contributed by atoms with Gasteiger partial charge >= 0.3 is 5.97 Å². The highest BCUT2D eigenvalue weighted by Crippen LogP contribution is 2.20. The molecule has 1 heterocycles. The Bertz CT molecular complexity index is 421. The van der Waals surface area contributed by atoms with Crippen LogP contribution in [0.25, 0.3) is 0 Å². The standard InChI is InChI=1S/C12H19N3O3/c1-8(16)4-5-15(2)11-10(12(17)18-3)6-9(13)7-14-11/h6-8,16H,4-5,13H2,1-3H3. The lowest BCUT2D eigenvalue weighted by Gasteiger charge is -2.21. The highest BCUT2D eigenvalue weighted by Gasteiger charge is 2.17. The van der Waals surface area contributed by atoms with Crippen molar-refractivity contribution in [3.8, 4) is 0 Å². The number of rotatable bonds is 5. The summed E-state index contributed by atoms with van der Waals surface area (Å²) in [5.74, 6) is 0.0189. The number of carbonyl (C=O) groups is 1. The highest BCUT2D eigenvalue weighted by atomic mass is 16.5. The van der Waals surface area contributed by atoms with Gasteiger partial charge in [-0.05, 0) is 19.4 Å². The van der Waals surface area contributed by atoms with Crippen molar-refractivity contribution in [2.45, 2.75) is 19.4 Å². The van der Waals surface area contributed by atoms with E-state index in [-0.39, 0.29) is 0 Å². The van der Waals surface area contributed by atoms with Crippen molar-refractivity contribution >= 4 is 17.5 Å². The van der Waals surface area contributed by atoms with Crippen LogP contribution in [0.5, 0.6) is 0 Å². The summed E-state index contributed by atoms with van der Waals surface area (Å²) in [7, 11) is 3.11. The van der Waals surface area contributed by atoms with Gasteiger partial charge in [0.15, 0.2) is 0 Å². The van der Waals surface area contributed by atoms with E-state index < -0.39 is 12.1 Å². The van der Waals surface area contributed by atoms with E-state index in [9.17, 15) is 9.90 Å². The van der Waals surface area contributed by atoms with Crippen molar-refractivity contribution < 1.29 is 14.6 Å². The molecule has 0 aliphatic carbocycles. The zero-order chi connectivity index (χ0) is 13.7. The van der Waals surface area contributed by atoms with Crippen molar-refractivity contribution in [2.75, 3.05) is 31.3 Å². The Morgan fingerprint density at radius 2 is 2.33 bits per heavy atom. The fourth-order valence-electron chi connectivity index (χ4n) is 1.52. The van der Waals surface area contributed by atoms with Gasteiger partial charge in [0.1, 0.15) is 11.4 Å². The molecule has 0 aliphatic rings. The van der Waals surface area contributed by atoms with Crippen LogP contribution in [0.2, 0.25) is 0 Å². The molecule has 6 nitrogen and oxygen atoms in total. The molecule has 0 amide bonds. The molecule has 3 N–H and O–H groups in total. The van der Waals surface area contributed by atoms with E-state index in [1.807, 2.05) is 0 Å². The number of hydrogen-bond donors (Lipinski definition) is 2. The van der Waals surface area contributed by atoms with E-state index in [4.69, 9.17) is 10.5 Å². The number of aliphatic hydroxyl groups excluding tert-OH is 1. The maximum absolute atomic E-state index is 11.6. The molecule has 1 atom stereocenters. The molecule has 1 unspecified atom stereocenters. The molecule has 18 heavy (non-hydrogen) atoms. The molecule has 0 saturated heterocycles. The number of esters is 1. The van der Waals surface area contributed by atoms with Crippen LogP contribution in [-0.2, 0) is 4.74 Å². The van der Waals surface area contributed by atoms with Crippen LogP contribution in [0.1, 0.15) is 23.7 Å². The van der Waals surface area contributed by atoms with Gasteiger partial charge in [0.05, 0.1) is 25.1 Å². The summed E-state index contributed by atoms with van der Waals surface area (Å²) in [6, 6.07) is 1.53. The molecular weight excluding hydrogens is 234 g/mol. The average Bonchev–Trinajstić information content (AvgIpc) is 2.34. The fourth-order valence-corrected chi connectivity index (χ4v) is 1.52. The number of aromatic nitrogens is 1. The molecule has 6 heteroatoms. The normalized spacial score (nSPS) is 12.0. The molecule has 100 valence electrons. The summed E-state index contributed by atoms with van der Waals surface area (Å²) in [6.45, 7) is 2.30. The van der Waals surface area contributed by atoms with Crippen LogP contribution >= 0.6 is 0 Å². The monoisotopic (exact) mass is 253 g/mol. The van der Waals surface area contributed by atoms with E-state index in [2.05, 4.69) is 4.98 Å². The van der Waals surface area contributed by atoms with Gasteiger partial charge in [-0.25, -0.2) is 9.78 Å². The molecule has 0 spiro atoms. The summed E-state index contributed by atoms with van der Waals surface area (Å²) in [4.78, 5) is 17.6. The van der Waals surface area contributed by atoms with Gasteiger partial charge in [-0.2, -0.15) is 0 Å². The quantitative estimate of drug-likeness (QED) is 0.749. The van der Waals surface area contributed by atoms with E-state index in [0.717, 1.165) is 0 Å². The van der Waals surface area contributed by atoms with Crippen molar-refractivity contribution in [2.24, 2.45) is 0 Å². The number of methoxy groups -OCH3 is 1. The largest absolute Gasteiger partial charge is 0.465 e. The zero-order valence-electron chi connectivity index (χ0n) is 10.9. The minimum atomic E-state index is -0.478. The van der Waals surface area contributed by atoms with Gasteiger partial charge in [-0.15, -0.1) is 0 Å². The molecule has 0 saturated carbocycles. The summed E-state index contributed by atoms with van der Waals surface area (Å²) in [5.41, 5.74) is 6.34. The summed E-state index contributed by atoms with van der Waals surface area (Å²) < 4.78 is 4.70. The molecule has 0 bridgehead atoms. The van der Waals surface area contributed by atoms with Crippen LogP contribution in [0.3, 0.4) is 0 Å². The van der Waals surface area contributed by atoms with Crippen LogP contribution in [0, 0.1) is 0 Å². The molecule has 0 fully saturated rings. The second-order valence-electron chi connectivity index (χ2n) is 4.19. The number of pyridine rings is 1. The second kappa shape index (κ2) is 6.20. The Morgan fingerprint density at radius 3 is 2.89 bits per heavy atom. The average molecular weight is 253 g/mol.